The van der Waals surface area contributed by atoms with Gasteiger partial charge in [0.25, 0.3) is 0 Å². The Balaban J connectivity index is 1.90. The monoisotopic (exact) mass is 430 g/mol. The summed E-state index contributed by atoms with van der Waals surface area (Å²) in [5.74, 6) is -0.199. The van der Waals surface area contributed by atoms with Gasteiger partial charge in [-0.25, -0.2) is 0 Å². The lowest BCUT2D eigenvalue weighted by Crippen LogP contribution is -2.44. The van der Waals surface area contributed by atoms with E-state index in [2.05, 4.69) is 29.2 Å². The number of amides is 1. The number of unbranched alkanes of at least 4 members (excludes halogenated alkanes) is 4. The number of nitrogens with one attached hydrogen (secondary N) is 1. The van der Waals surface area contributed by atoms with Crippen LogP contribution in [-0.4, -0.2) is 46.3 Å². The molecule has 0 aromatic carbocycles. The van der Waals surface area contributed by atoms with Gasteiger partial charge in [0.2, 0.25) is 5.91 Å². The molecule has 1 N–H and O–H groups in total. The summed E-state index contributed by atoms with van der Waals surface area (Å²) in [6.07, 6.45) is 4.21. The number of alkyl halides is 3. The molecule has 1 unspecified atom stereocenters. The average molecular weight is 431 g/mol. The Hall–Kier alpha value is -1.57. The molecular weight excluding hydrogens is 393 g/mol. The minimum atomic E-state index is -4.49. The normalized spacial score (nSPS) is 15.6. The second-order valence-corrected chi connectivity index (χ2v) is 8.57. The fraction of sp³-hybridized carbons (Fsp3) is 0.818. The fourth-order valence-electron chi connectivity index (χ4n) is 3.76. The molecule has 1 atom stereocenters. The van der Waals surface area contributed by atoms with Crippen molar-refractivity contribution in [2.75, 3.05) is 19.6 Å². The van der Waals surface area contributed by atoms with E-state index in [9.17, 15) is 18.0 Å². The van der Waals surface area contributed by atoms with E-state index in [1.54, 1.807) is 0 Å². The number of nitrogens with zero attached hydrogens (tertiary/aromatic N) is 3. The predicted molar refractivity (Wildman–Crippen MR) is 112 cm³/mol. The molecule has 1 aromatic heterocycles. The van der Waals surface area contributed by atoms with Crippen LogP contribution in [0.15, 0.2) is 6.07 Å². The fourth-order valence-corrected chi connectivity index (χ4v) is 3.76. The van der Waals surface area contributed by atoms with Gasteiger partial charge in [-0.2, -0.15) is 18.3 Å². The van der Waals surface area contributed by atoms with Crippen LogP contribution in [0.5, 0.6) is 0 Å². The predicted octanol–water partition coefficient (Wildman–Crippen LogP) is 4.97. The standard InChI is InChI=1S/C22H37F3N4O/c1-4-6-8-12-28(13-9-7-5-2)15-17(3)26-21(30)16-29-19(18-10-11-18)14-20(27-29)22(23,24)25/h14,17-18H,4-13,15-16H2,1-3H3,(H,26,30). The van der Waals surface area contributed by atoms with E-state index >= 15 is 0 Å². The summed E-state index contributed by atoms with van der Waals surface area (Å²) in [6.45, 7) is 8.92. The first-order valence-electron chi connectivity index (χ1n) is 11.4. The minimum absolute atomic E-state index is 0.0669. The van der Waals surface area contributed by atoms with Crippen LogP contribution in [0.25, 0.3) is 0 Å². The van der Waals surface area contributed by atoms with E-state index in [1.807, 2.05) is 6.92 Å². The third-order valence-electron chi connectivity index (χ3n) is 5.49. The van der Waals surface area contributed by atoms with Gasteiger partial charge in [-0.05, 0) is 51.8 Å². The third-order valence-corrected chi connectivity index (χ3v) is 5.49. The van der Waals surface area contributed by atoms with E-state index in [0.717, 1.165) is 51.4 Å². The molecule has 0 radical (unpaired) electrons. The molecule has 172 valence electrons. The van der Waals surface area contributed by atoms with Crippen molar-refractivity contribution in [1.29, 1.82) is 0 Å². The van der Waals surface area contributed by atoms with Crippen molar-refractivity contribution in [3.8, 4) is 0 Å². The van der Waals surface area contributed by atoms with E-state index in [4.69, 9.17) is 0 Å². The summed E-state index contributed by atoms with van der Waals surface area (Å²) in [6, 6.07) is 1.03. The summed E-state index contributed by atoms with van der Waals surface area (Å²) in [5.41, 5.74) is -0.394. The highest BCUT2D eigenvalue weighted by atomic mass is 19.4. The third kappa shape index (κ3) is 8.28. The molecule has 0 bridgehead atoms. The van der Waals surface area contributed by atoms with Crippen LogP contribution < -0.4 is 5.32 Å². The molecule has 1 aromatic rings. The van der Waals surface area contributed by atoms with Crippen LogP contribution >= 0.6 is 0 Å². The summed E-state index contributed by atoms with van der Waals surface area (Å²) in [7, 11) is 0. The summed E-state index contributed by atoms with van der Waals surface area (Å²) in [5, 5.41) is 6.62. The van der Waals surface area contributed by atoms with Crippen molar-refractivity contribution < 1.29 is 18.0 Å². The van der Waals surface area contributed by atoms with Gasteiger partial charge in [0.15, 0.2) is 5.69 Å². The zero-order chi connectivity index (χ0) is 22.1. The van der Waals surface area contributed by atoms with E-state index in [0.29, 0.717) is 5.69 Å². The first-order chi connectivity index (χ1) is 14.2. The number of hydrogen-bond acceptors (Lipinski definition) is 3. The molecule has 30 heavy (non-hydrogen) atoms. The van der Waals surface area contributed by atoms with Gasteiger partial charge in [-0.15, -0.1) is 0 Å². The molecule has 5 nitrogen and oxygen atoms in total. The van der Waals surface area contributed by atoms with Crippen LogP contribution in [0, 0.1) is 0 Å². The van der Waals surface area contributed by atoms with Crippen molar-refractivity contribution >= 4 is 5.91 Å². The smallest absolute Gasteiger partial charge is 0.351 e. The largest absolute Gasteiger partial charge is 0.435 e. The van der Waals surface area contributed by atoms with Crippen molar-refractivity contribution in [3.05, 3.63) is 17.5 Å². The Morgan fingerprint density at radius 1 is 1.20 bits per heavy atom. The Morgan fingerprint density at radius 3 is 2.30 bits per heavy atom. The van der Waals surface area contributed by atoms with Crippen molar-refractivity contribution in [1.82, 2.24) is 20.0 Å². The molecule has 0 spiro atoms. The Morgan fingerprint density at radius 2 is 1.80 bits per heavy atom. The topological polar surface area (TPSA) is 50.2 Å². The molecule has 1 amide bonds. The number of aromatic nitrogens is 2. The van der Waals surface area contributed by atoms with Crippen LogP contribution in [0.3, 0.4) is 0 Å². The SMILES string of the molecule is CCCCCN(CCCCC)CC(C)NC(=O)Cn1nc(C(F)(F)F)cc1C1CC1. The molecule has 1 saturated carbocycles. The second kappa shape index (κ2) is 11.7. The number of hydrogen-bond donors (Lipinski definition) is 1. The van der Waals surface area contributed by atoms with E-state index in [-0.39, 0.29) is 24.4 Å². The molecule has 0 saturated heterocycles. The first-order valence-corrected chi connectivity index (χ1v) is 11.4. The molecule has 1 heterocycles. The maximum absolute atomic E-state index is 13.0. The maximum atomic E-state index is 13.0. The van der Waals surface area contributed by atoms with Gasteiger partial charge in [-0.3, -0.25) is 9.48 Å². The van der Waals surface area contributed by atoms with Gasteiger partial charge in [0.05, 0.1) is 0 Å². The minimum Gasteiger partial charge on any atom is -0.351 e. The van der Waals surface area contributed by atoms with E-state index < -0.39 is 11.9 Å². The highest BCUT2D eigenvalue weighted by Crippen LogP contribution is 2.42. The van der Waals surface area contributed by atoms with Crippen molar-refractivity contribution in [2.24, 2.45) is 0 Å². The Kier molecular flexibility index (Phi) is 9.65. The lowest BCUT2D eigenvalue weighted by Gasteiger charge is -2.26. The Labute approximate surface area is 178 Å². The van der Waals surface area contributed by atoms with Gasteiger partial charge in [-0.1, -0.05) is 39.5 Å². The molecular formula is C22H37F3N4O. The second-order valence-electron chi connectivity index (χ2n) is 8.57. The van der Waals surface area contributed by atoms with Gasteiger partial charge in [0, 0.05) is 24.2 Å². The van der Waals surface area contributed by atoms with E-state index in [1.165, 1.54) is 30.4 Å². The van der Waals surface area contributed by atoms with Crippen molar-refractivity contribution in [2.45, 2.75) is 96.8 Å². The molecule has 8 heteroatoms. The lowest BCUT2D eigenvalue weighted by atomic mass is 10.2. The van der Waals surface area contributed by atoms with Gasteiger partial charge < -0.3 is 10.2 Å². The number of halogens is 3. The molecule has 1 aliphatic rings. The molecule has 2 rings (SSSR count). The zero-order valence-corrected chi connectivity index (χ0v) is 18.6. The summed E-state index contributed by atoms with van der Waals surface area (Å²) >= 11 is 0. The molecule has 1 aliphatic carbocycles. The van der Waals surface area contributed by atoms with Crippen LogP contribution in [0.2, 0.25) is 0 Å². The van der Waals surface area contributed by atoms with Crippen molar-refractivity contribution in [3.63, 3.8) is 0 Å². The quantitative estimate of drug-likeness (QED) is 0.424. The first kappa shape index (κ1) is 24.7. The highest BCUT2D eigenvalue weighted by molar-refractivity contribution is 5.76. The van der Waals surface area contributed by atoms with Crippen LogP contribution in [0.1, 0.15) is 89.4 Å². The lowest BCUT2D eigenvalue weighted by molar-refractivity contribution is -0.141. The molecule has 1 fully saturated rings. The maximum Gasteiger partial charge on any atom is 0.435 e. The number of carbonyl (C=O) groups is 1. The highest BCUT2D eigenvalue weighted by Gasteiger charge is 2.38. The van der Waals surface area contributed by atoms with Gasteiger partial charge >= 0.3 is 6.18 Å². The van der Waals surface area contributed by atoms with Gasteiger partial charge in [0.1, 0.15) is 6.54 Å². The summed E-state index contributed by atoms with van der Waals surface area (Å²) < 4.78 is 40.3. The van der Waals surface area contributed by atoms with Crippen LogP contribution in [0.4, 0.5) is 13.2 Å². The van der Waals surface area contributed by atoms with Crippen LogP contribution in [-0.2, 0) is 17.5 Å². The zero-order valence-electron chi connectivity index (χ0n) is 18.6. The number of rotatable bonds is 14. The Bertz CT molecular complexity index is 645. The number of carbonyl (C=O) groups excluding carboxylic acids is 1. The average Bonchev–Trinajstić information content (AvgIpc) is 3.41. The molecule has 0 aliphatic heterocycles. The summed E-state index contributed by atoms with van der Waals surface area (Å²) in [4.78, 5) is 14.9.